The highest BCUT2D eigenvalue weighted by molar-refractivity contribution is 6.00. The number of Topliss-reactive ketones (excluding diaryl/α,β-unsaturated/α-hetero) is 1. The van der Waals surface area contributed by atoms with Crippen molar-refractivity contribution in [1.29, 1.82) is 0 Å². The number of aromatic nitrogens is 1. The zero-order valence-electron chi connectivity index (χ0n) is 13.8. The molecule has 6 heteroatoms. The van der Waals surface area contributed by atoms with Gasteiger partial charge in [-0.15, -0.1) is 0 Å². The molecule has 0 fully saturated rings. The number of rotatable bonds is 6. The Morgan fingerprint density at radius 3 is 2.56 bits per heavy atom. The number of benzene rings is 2. The molecule has 0 saturated carbocycles. The molecule has 128 valence electrons. The predicted octanol–water partition coefficient (Wildman–Crippen LogP) is 3.29. The summed E-state index contributed by atoms with van der Waals surface area (Å²) in [5.41, 5.74) is 3.25. The zero-order chi connectivity index (χ0) is 17.8. The molecule has 3 rings (SSSR count). The van der Waals surface area contributed by atoms with Crippen LogP contribution in [0.2, 0.25) is 0 Å². The van der Waals surface area contributed by atoms with Gasteiger partial charge in [-0.2, -0.15) is 0 Å². The highest BCUT2D eigenvalue weighted by Crippen LogP contribution is 2.16. The van der Waals surface area contributed by atoms with Crippen molar-refractivity contribution in [2.45, 2.75) is 26.2 Å². The first-order valence-electron chi connectivity index (χ1n) is 8.10. The Morgan fingerprint density at radius 1 is 1.08 bits per heavy atom. The number of fused-ring (bicyclic) bond motifs is 1. The van der Waals surface area contributed by atoms with Crippen LogP contribution in [0, 0.1) is 0 Å². The van der Waals surface area contributed by atoms with E-state index in [9.17, 15) is 14.4 Å². The Balaban J connectivity index is 1.57. The molecule has 0 radical (unpaired) electrons. The molecule has 0 unspecified atom stereocenters. The van der Waals surface area contributed by atoms with Gasteiger partial charge in [-0.3, -0.25) is 14.6 Å². The fourth-order valence-corrected chi connectivity index (χ4v) is 2.55. The number of amides is 1. The Bertz CT molecular complexity index is 967. The zero-order valence-corrected chi connectivity index (χ0v) is 13.8. The van der Waals surface area contributed by atoms with Gasteiger partial charge in [0.25, 0.3) is 0 Å². The summed E-state index contributed by atoms with van der Waals surface area (Å²) in [4.78, 5) is 37.8. The highest BCUT2D eigenvalue weighted by Gasteiger charge is 2.10. The van der Waals surface area contributed by atoms with Crippen molar-refractivity contribution >= 4 is 28.5 Å². The van der Waals surface area contributed by atoms with Crippen LogP contribution in [0.15, 0.2) is 51.7 Å². The third kappa shape index (κ3) is 4.03. The van der Waals surface area contributed by atoms with Gasteiger partial charge in [0, 0.05) is 24.1 Å². The van der Waals surface area contributed by atoms with Gasteiger partial charge in [-0.05, 0) is 30.2 Å². The summed E-state index contributed by atoms with van der Waals surface area (Å²) in [6, 6.07) is 12.3. The van der Waals surface area contributed by atoms with Crippen LogP contribution in [0.3, 0.4) is 0 Å². The standard InChI is InChI=1S/C19H18N2O4/c1-2-12-3-5-13(6-4-12)16(22)8-10-18(23)20-14-7-9-17-15(11-14)21-19(24)25-17/h3-7,9,11H,2,8,10H2,1H3,(H,20,23)(H,21,24). The molecule has 2 aromatic carbocycles. The van der Waals surface area contributed by atoms with Gasteiger partial charge in [-0.1, -0.05) is 31.2 Å². The number of nitrogens with one attached hydrogen (secondary N) is 2. The van der Waals surface area contributed by atoms with Crippen molar-refractivity contribution in [3.05, 3.63) is 64.1 Å². The molecule has 1 amide bonds. The quantitative estimate of drug-likeness (QED) is 0.675. The average Bonchev–Trinajstić information content (AvgIpc) is 2.99. The summed E-state index contributed by atoms with van der Waals surface area (Å²) in [6.45, 7) is 2.05. The van der Waals surface area contributed by atoms with Crippen LogP contribution in [0.4, 0.5) is 5.69 Å². The summed E-state index contributed by atoms with van der Waals surface area (Å²) >= 11 is 0. The van der Waals surface area contributed by atoms with E-state index in [-0.39, 0.29) is 24.5 Å². The number of oxazole rings is 1. The van der Waals surface area contributed by atoms with E-state index >= 15 is 0 Å². The minimum absolute atomic E-state index is 0.0626. The smallest absolute Gasteiger partial charge is 0.408 e. The molecule has 0 aliphatic rings. The Labute approximate surface area is 143 Å². The first kappa shape index (κ1) is 16.7. The van der Waals surface area contributed by atoms with Crippen molar-refractivity contribution in [3.63, 3.8) is 0 Å². The van der Waals surface area contributed by atoms with E-state index in [4.69, 9.17) is 4.42 Å². The van der Waals surface area contributed by atoms with Crippen LogP contribution >= 0.6 is 0 Å². The van der Waals surface area contributed by atoms with Crippen molar-refractivity contribution in [2.75, 3.05) is 5.32 Å². The second-order valence-electron chi connectivity index (χ2n) is 5.75. The molecule has 3 aromatic rings. The Kier molecular flexibility index (Phi) is 4.79. The van der Waals surface area contributed by atoms with Crippen LogP contribution in [0.1, 0.15) is 35.7 Å². The van der Waals surface area contributed by atoms with Crippen LogP contribution in [-0.4, -0.2) is 16.7 Å². The molecule has 0 atom stereocenters. The van der Waals surface area contributed by atoms with Crippen LogP contribution in [0.5, 0.6) is 0 Å². The minimum atomic E-state index is -0.543. The van der Waals surface area contributed by atoms with Gasteiger partial charge in [0.05, 0.1) is 5.52 Å². The fraction of sp³-hybridized carbons (Fsp3) is 0.211. The molecule has 0 aliphatic heterocycles. The molecular formula is C19H18N2O4. The van der Waals surface area contributed by atoms with Crippen molar-refractivity contribution in [2.24, 2.45) is 0 Å². The number of aryl methyl sites for hydroxylation is 1. The second kappa shape index (κ2) is 7.17. The lowest BCUT2D eigenvalue weighted by Crippen LogP contribution is -2.13. The van der Waals surface area contributed by atoms with Crippen molar-refractivity contribution in [1.82, 2.24) is 4.98 Å². The molecule has 1 aromatic heterocycles. The summed E-state index contributed by atoms with van der Waals surface area (Å²) in [5.74, 6) is -0.866. The summed E-state index contributed by atoms with van der Waals surface area (Å²) in [6.07, 6.45) is 1.15. The van der Waals surface area contributed by atoms with E-state index < -0.39 is 5.76 Å². The number of anilines is 1. The van der Waals surface area contributed by atoms with Crippen LogP contribution in [-0.2, 0) is 11.2 Å². The maximum Gasteiger partial charge on any atom is 0.417 e. The minimum Gasteiger partial charge on any atom is -0.408 e. The van der Waals surface area contributed by atoms with Gasteiger partial charge in [-0.25, -0.2) is 4.79 Å². The molecule has 25 heavy (non-hydrogen) atoms. The number of hydrogen-bond donors (Lipinski definition) is 2. The normalized spacial score (nSPS) is 10.8. The summed E-state index contributed by atoms with van der Waals surface area (Å²) in [7, 11) is 0. The molecule has 6 nitrogen and oxygen atoms in total. The Morgan fingerprint density at radius 2 is 1.84 bits per heavy atom. The lowest BCUT2D eigenvalue weighted by atomic mass is 10.0. The number of carbonyl (C=O) groups excluding carboxylic acids is 2. The van der Waals surface area contributed by atoms with Gasteiger partial charge >= 0.3 is 5.76 Å². The summed E-state index contributed by atoms with van der Waals surface area (Å²) in [5, 5.41) is 2.71. The molecule has 0 spiro atoms. The van der Waals surface area contributed by atoms with E-state index in [1.165, 1.54) is 5.56 Å². The van der Waals surface area contributed by atoms with Crippen LogP contribution < -0.4 is 11.1 Å². The van der Waals surface area contributed by atoms with Crippen molar-refractivity contribution in [3.8, 4) is 0 Å². The average molecular weight is 338 g/mol. The first-order chi connectivity index (χ1) is 12.0. The summed E-state index contributed by atoms with van der Waals surface area (Å²) < 4.78 is 4.90. The number of aromatic amines is 1. The molecule has 2 N–H and O–H groups in total. The van der Waals surface area contributed by atoms with E-state index in [0.717, 1.165) is 6.42 Å². The third-order valence-corrected chi connectivity index (χ3v) is 3.97. The number of H-pyrrole nitrogens is 1. The largest absolute Gasteiger partial charge is 0.417 e. The van der Waals surface area contributed by atoms with E-state index in [1.54, 1.807) is 30.3 Å². The molecule has 0 saturated heterocycles. The fourth-order valence-electron chi connectivity index (χ4n) is 2.55. The van der Waals surface area contributed by atoms with Gasteiger partial charge in [0.15, 0.2) is 11.4 Å². The monoisotopic (exact) mass is 338 g/mol. The van der Waals surface area contributed by atoms with E-state index in [2.05, 4.69) is 17.2 Å². The highest BCUT2D eigenvalue weighted by atomic mass is 16.4. The molecule has 1 heterocycles. The number of carbonyl (C=O) groups is 2. The molecular weight excluding hydrogens is 320 g/mol. The second-order valence-corrected chi connectivity index (χ2v) is 5.75. The van der Waals surface area contributed by atoms with Gasteiger partial charge in [0.1, 0.15) is 0 Å². The van der Waals surface area contributed by atoms with E-state index in [1.807, 2.05) is 12.1 Å². The number of ketones is 1. The molecule has 0 bridgehead atoms. The van der Waals surface area contributed by atoms with Crippen molar-refractivity contribution < 1.29 is 14.0 Å². The number of hydrogen-bond acceptors (Lipinski definition) is 4. The van der Waals surface area contributed by atoms with Gasteiger partial charge < -0.3 is 9.73 Å². The molecule has 0 aliphatic carbocycles. The topological polar surface area (TPSA) is 92.2 Å². The van der Waals surface area contributed by atoms with E-state index in [0.29, 0.717) is 22.4 Å². The maximum atomic E-state index is 12.1. The predicted molar refractivity (Wildman–Crippen MR) is 94.8 cm³/mol. The lowest BCUT2D eigenvalue weighted by Gasteiger charge is -2.05. The van der Waals surface area contributed by atoms with Crippen LogP contribution in [0.25, 0.3) is 11.1 Å². The maximum absolute atomic E-state index is 12.1. The SMILES string of the molecule is CCc1ccc(C(=O)CCC(=O)Nc2ccc3oc(=O)[nH]c3c2)cc1. The third-order valence-electron chi connectivity index (χ3n) is 3.97. The van der Waals surface area contributed by atoms with Gasteiger partial charge in [0.2, 0.25) is 5.91 Å². The first-order valence-corrected chi connectivity index (χ1v) is 8.10. The Hall–Kier alpha value is -3.15. The lowest BCUT2D eigenvalue weighted by molar-refractivity contribution is -0.116.